The van der Waals surface area contributed by atoms with Gasteiger partial charge in [0.15, 0.2) is 0 Å². The highest BCUT2D eigenvalue weighted by Gasteiger charge is 2.31. The summed E-state index contributed by atoms with van der Waals surface area (Å²) in [5.74, 6) is 2.09. The normalized spacial score (nSPS) is 19.9. The second-order valence-electron chi connectivity index (χ2n) is 10.3. The molecule has 0 bridgehead atoms. The van der Waals surface area contributed by atoms with Gasteiger partial charge in [-0.3, -0.25) is 0 Å². The molecule has 1 aliphatic carbocycles. The fourth-order valence-electron chi connectivity index (χ4n) is 5.33. The third kappa shape index (κ3) is 4.59. The van der Waals surface area contributed by atoms with Crippen LogP contribution in [-0.2, 0) is 11.3 Å². The van der Waals surface area contributed by atoms with Crippen LogP contribution in [0.15, 0.2) is 36.5 Å². The molecule has 2 amide bonds. The number of morpholine rings is 1. The molecule has 3 heterocycles. The summed E-state index contributed by atoms with van der Waals surface area (Å²) < 4.78 is 8.08. The Bertz CT molecular complexity index is 1480. The number of amides is 2. The summed E-state index contributed by atoms with van der Waals surface area (Å²) in [6.45, 7) is 10.1. The highest BCUT2D eigenvalue weighted by Crippen LogP contribution is 2.42. The van der Waals surface area contributed by atoms with Crippen LogP contribution >= 0.6 is 0 Å². The van der Waals surface area contributed by atoms with Gasteiger partial charge in [0.2, 0.25) is 5.95 Å². The fourth-order valence-corrected chi connectivity index (χ4v) is 5.33. The maximum Gasteiger partial charge on any atom is 0.322 e. The van der Waals surface area contributed by atoms with Crippen molar-refractivity contribution >= 4 is 45.3 Å². The number of hydrogen-bond donors (Lipinski definition) is 2. The van der Waals surface area contributed by atoms with E-state index >= 15 is 0 Å². The molecule has 9 nitrogen and oxygen atoms in total. The van der Waals surface area contributed by atoms with Crippen molar-refractivity contribution in [2.24, 2.45) is 0 Å². The van der Waals surface area contributed by atoms with Crippen molar-refractivity contribution in [2.45, 2.75) is 65.2 Å². The Labute approximate surface area is 216 Å². The summed E-state index contributed by atoms with van der Waals surface area (Å²) >= 11 is 0. The quantitative estimate of drug-likeness (QED) is 0.373. The summed E-state index contributed by atoms with van der Waals surface area (Å²) in [5, 5.41) is 7.54. The highest BCUT2D eigenvalue weighted by atomic mass is 16.5. The van der Waals surface area contributed by atoms with Crippen molar-refractivity contribution in [3.63, 3.8) is 0 Å². The minimum absolute atomic E-state index is 0.00296. The van der Waals surface area contributed by atoms with E-state index in [9.17, 15) is 4.79 Å². The first-order valence-electron chi connectivity index (χ1n) is 13.1. The average Bonchev–Trinajstić information content (AvgIpc) is 3.64. The van der Waals surface area contributed by atoms with E-state index in [0.29, 0.717) is 30.6 Å². The second kappa shape index (κ2) is 9.30. The van der Waals surface area contributed by atoms with Gasteiger partial charge in [0, 0.05) is 42.8 Å². The minimum atomic E-state index is -0.142. The number of para-hydroxylation sites is 1. The molecule has 2 aromatic carbocycles. The Kier molecular flexibility index (Phi) is 5.95. The largest absolute Gasteiger partial charge is 0.372 e. The van der Waals surface area contributed by atoms with Crippen LogP contribution in [0.4, 0.5) is 22.1 Å². The molecule has 0 radical (unpaired) electrons. The molecule has 2 N–H and O–H groups in total. The van der Waals surface area contributed by atoms with Crippen LogP contribution in [0, 0.1) is 6.92 Å². The molecule has 1 aliphatic heterocycles. The number of fused-ring (bicyclic) bond motifs is 2. The van der Waals surface area contributed by atoms with Gasteiger partial charge in [-0.05, 0) is 58.2 Å². The number of ether oxygens (including phenoxy) is 1. The van der Waals surface area contributed by atoms with Crippen molar-refractivity contribution in [3.05, 3.63) is 47.9 Å². The smallest absolute Gasteiger partial charge is 0.322 e. The number of aromatic nitrogens is 4. The molecule has 2 aliphatic rings. The summed E-state index contributed by atoms with van der Waals surface area (Å²) in [6, 6.07) is 9.94. The lowest BCUT2D eigenvalue weighted by atomic mass is 10.1. The van der Waals surface area contributed by atoms with Gasteiger partial charge in [-0.15, -0.1) is 0 Å². The molecule has 1 saturated carbocycles. The molecule has 2 aromatic heterocycles. The molecule has 2 fully saturated rings. The summed E-state index contributed by atoms with van der Waals surface area (Å²) in [5.41, 5.74) is 5.30. The molecular formula is C28H33N7O2. The van der Waals surface area contributed by atoms with Crippen LogP contribution < -0.4 is 10.6 Å². The second-order valence-corrected chi connectivity index (χ2v) is 10.3. The molecule has 2 atom stereocenters. The number of nitrogens with zero attached hydrogens (tertiary/aromatic N) is 5. The zero-order valence-electron chi connectivity index (χ0n) is 21.8. The van der Waals surface area contributed by atoms with E-state index in [1.54, 1.807) is 0 Å². The zero-order chi connectivity index (χ0) is 25.7. The van der Waals surface area contributed by atoms with Gasteiger partial charge < -0.3 is 24.8 Å². The number of carbonyl (C=O) groups is 1. The molecular weight excluding hydrogens is 466 g/mol. The first-order valence-corrected chi connectivity index (χ1v) is 13.1. The SMILES string of the molecule is CCn1c(C2CC2)nc2c(NC(=O)N3CC(C)OC(C)C3)cc(Nc3ncc4cccc(C)c4n3)cc21. The molecule has 192 valence electrons. The van der Waals surface area contributed by atoms with Crippen LogP contribution in [0.3, 0.4) is 0 Å². The first kappa shape index (κ1) is 23.7. The van der Waals surface area contributed by atoms with Crippen molar-refractivity contribution in [3.8, 4) is 0 Å². The third-order valence-corrected chi connectivity index (χ3v) is 7.16. The van der Waals surface area contributed by atoms with Crippen LogP contribution in [0.25, 0.3) is 21.9 Å². The van der Waals surface area contributed by atoms with Crippen LogP contribution in [-0.4, -0.2) is 55.7 Å². The van der Waals surface area contributed by atoms with Gasteiger partial charge in [-0.25, -0.2) is 19.7 Å². The van der Waals surface area contributed by atoms with Crippen molar-refractivity contribution in [2.75, 3.05) is 23.7 Å². The van der Waals surface area contributed by atoms with E-state index in [1.807, 2.05) is 56.1 Å². The average molecular weight is 500 g/mol. The van der Waals surface area contributed by atoms with Gasteiger partial charge in [-0.2, -0.15) is 0 Å². The van der Waals surface area contributed by atoms with Gasteiger partial charge in [0.25, 0.3) is 0 Å². The standard InChI is InChI=1S/C28H33N7O2/c1-5-35-23-12-21(30-27-29-13-20-8-6-7-16(2)24(20)33-27)11-22(25(23)32-26(35)19-9-10-19)31-28(36)34-14-17(3)37-18(4)15-34/h6-8,11-13,17-19H,5,9-10,14-15H2,1-4H3,(H,31,36)(H,29,30,33). The van der Waals surface area contributed by atoms with E-state index in [2.05, 4.69) is 33.2 Å². The summed E-state index contributed by atoms with van der Waals surface area (Å²) in [7, 11) is 0. The highest BCUT2D eigenvalue weighted by molar-refractivity contribution is 6.01. The monoisotopic (exact) mass is 499 g/mol. The molecule has 0 spiro atoms. The van der Waals surface area contributed by atoms with Crippen molar-refractivity contribution in [1.29, 1.82) is 0 Å². The number of benzene rings is 2. The lowest BCUT2D eigenvalue weighted by Crippen LogP contribution is -2.49. The van der Waals surface area contributed by atoms with E-state index < -0.39 is 0 Å². The molecule has 1 saturated heterocycles. The Morgan fingerprint density at radius 3 is 2.62 bits per heavy atom. The predicted molar refractivity (Wildman–Crippen MR) is 146 cm³/mol. The van der Waals surface area contributed by atoms with Gasteiger partial charge in [0.05, 0.1) is 28.9 Å². The zero-order valence-corrected chi connectivity index (χ0v) is 21.8. The lowest BCUT2D eigenvalue weighted by molar-refractivity contribution is -0.0530. The summed E-state index contributed by atoms with van der Waals surface area (Å²) in [4.78, 5) is 29.5. The Morgan fingerprint density at radius 1 is 1.11 bits per heavy atom. The number of carbonyl (C=O) groups excluding carboxylic acids is 1. The molecule has 6 rings (SSSR count). The maximum absolute atomic E-state index is 13.3. The predicted octanol–water partition coefficient (Wildman–Crippen LogP) is 5.57. The van der Waals surface area contributed by atoms with Gasteiger partial charge >= 0.3 is 6.03 Å². The maximum atomic E-state index is 13.3. The molecule has 2 unspecified atom stereocenters. The topological polar surface area (TPSA) is 97.2 Å². The molecule has 37 heavy (non-hydrogen) atoms. The van der Waals surface area contributed by atoms with Crippen LogP contribution in [0.2, 0.25) is 0 Å². The number of urea groups is 1. The third-order valence-electron chi connectivity index (χ3n) is 7.16. The number of aryl methyl sites for hydroxylation is 2. The van der Waals surface area contributed by atoms with E-state index in [1.165, 1.54) is 0 Å². The lowest BCUT2D eigenvalue weighted by Gasteiger charge is -2.35. The number of hydrogen-bond acceptors (Lipinski definition) is 6. The fraction of sp³-hybridized carbons (Fsp3) is 0.429. The van der Waals surface area contributed by atoms with Crippen molar-refractivity contribution < 1.29 is 9.53 Å². The molecule has 4 aromatic rings. The van der Waals surface area contributed by atoms with Gasteiger partial charge in [0.1, 0.15) is 11.3 Å². The number of imidazole rings is 1. The Hall–Kier alpha value is -3.72. The van der Waals surface area contributed by atoms with Crippen LogP contribution in [0.5, 0.6) is 0 Å². The van der Waals surface area contributed by atoms with Gasteiger partial charge in [-0.1, -0.05) is 18.2 Å². The van der Waals surface area contributed by atoms with E-state index in [0.717, 1.165) is 58.4 Å². The Balaban J connectivity index is 1.39. The van der Waals surface area contributed by atoms with E-state index in [-0.39, 0.29) is 18.2 Å². The summed E-state index contributed by atoms with van der Waals surface area (Å²) in [6.07, 6.45) is 4.14. The number of anilines is 3. The van der Waals surface area contributed by atoms with E-state index in [4.69, 9.17) is 14.7 Å². The molecule has 9 heteroatoms. The minimum Gasteiger partial charge on any atom is -0.372 e. The first-order chi connectivity index (χ1) is 17.9. The Morgan fingerprint density at radius 2 is 1.89 bits per heavy atom. The number of rotatable bonds is 5. The number of nitrogens with one attached hydrogen (secondary N) is 2. The van der Waals surface area contributed by atoms with Crippen LogP contribution in [0.1, 0.15) is 50.9 Å². The van der Waals surface area contributed by atoms with Crippen molar-refractivity contribution in [1.82, 2.24) is 24.4 Å².